The Morgan fingerprint density at radius 3 is 1.48 bits per heavy atom. The van der Waals surface area contributed by atoms with Crippen LogP contribution in [0.4, 0.5) is 0 Å². The summed E-state index contributed by atoms with van der Waals surface area (Å²) in [6.07, 6.45) is 0.750. The number of thiazole rings is 1. The molecule has 1 saturated carbocycles. The van der Waals surface area contributed by atoms with Gasteiger partial charge in [0.15, 0.2) is 0 Å². The van der Waals surface area contributed by atoms with Crippen LogP contribution in [0, 0.1) is 11.8 Å². The number of aliphatic hydroxyl groups is 1. The zero-order valence-electron chi connectivity index (χ0n) is 29.2. The molecule has 0 bridgehead atoms. The monoisotopic (exact) mass is 711 g/mol. The molecule has 1 aliphatic rings. The Kier molecular flexibility index (Phi) is 12.3. The van der Waals surface area contributed by atoms with Gasteiger partial charge in [0.05, 0.1) is 45.2 Å². The van der Waals surface area contributed by atoms with Crippen molar-refractivity contribution in [3.63, 3.8) is 0 Å². The third-order valence-corrected chi connectivity index (χ3v) is 10.8. The van der Waals surface area contributed by atoms with Crippen LogP contribution in [0.3, 0.4) is 0 Å². The largest absolute Gasteiger partial charge is 0.377 e. The first-order valence-electron chi connectivity index (χ1n) is 17.9. The molecule has 7 rings (SSSR count). The molecule has 5 aromatic carbocycles. The fraction of sp³-hybridized carbons (Fsp3) is 0.267. The van der Waals surface area contributed by atoms with Crippen molar-refractivity contribution in [2.45, 2.75) is 56.8 Å². The van der Waals surface area contributed by atoms with Gasteiger partial charge in [-0.3, -0.25) is 0 Å². The van der Waals surface area contributed by atoms with E-state index >= 15 is 0 Å². The fourth-order valence-corrected chi connectivity index (χ4v) is 8.11. The Morgan fingerprint density at radius 2 is 1.00 bits per heavy atom. The molecule has 7 heteroatoms. The SMILES string of the molecule is O[C@](c1ccccc1)(c1nccs1)[C@@H]1C[C@H](COCc2ccccc2)[C@H](OCc2ccccc2)[C@H](OCc2ccccc2)[C@H]1OCc1ccccc1. The lowest BCUT2D eigenvalue weighted by atomic mass is 9.66. The maximum Gasteiger partial charge on any atom is 0.146 e. The molecule has 1 aliphatic carbocycles. The van der Waals surface area contributed by atoms with Crippen LogP contribution in [0.15, 0.2) is 163 Å². The summed E-state index contributed by atoms with van der Waals surface area (Å²) in [5.74, 6) is -0.614. The van der Waals surface area contributed by atoms with Crippen molar-refractivity contribution < 1.29 is 24.1 Å². The summed E-state index contributed by atoms with van der Waals surface area (Å²) < 4.78 is 27.5. The average molecular weight is 712 g/mol. The van der Waals surface area contributed by atoms with E-state index in [2.05, 4.69) is 48.5 Å². The molecular weight excluding hydrogens is 667 g/mol. The van der Waals surface area contributed by atoms with Crippen LogP contribution in [0.5, 0.6) is 0 Å². The molecule has 266 valence electrons. The number of benzene rings is 5. The standard InChI is InChI=1S/C45H45NO5S/c47-45(44-46-26-27-52-44,39-24-14-5-15-25-39)40-28-38(33-48-29-34-16-6-1-7-17-34)41(49-30-35-18-8-2-9-19-35)43(51-32-37-22-12-4-13-23-37)42(40)50-31-36-20-10-3-11-21-36/h1-27,38,40-43,47H,28-33H2/t38-,40-,41+,42+,43+,45+/m1/s1. The van der Waals surface area contributed by atoms with Crippen LogP contribution in [0.1, 0.15) is 39.2 Å². The molecule has 0 amide bonds. The summed E-state index contributed by atoms with van der Waals surface area (Å²) in [7, 11) is 0. The molecule has 0 radical (unpaired) electrons. The number of rotatable bonds is 16. The van der Waals surface area contributed by atoms with Gasteiger partial charge in [-0.15, -0.1) is 11.3 Å². The molecule has 6 atom stereocenters. The second-order valence-corrected chi connectivity index (χ2v) is 14.3. The molecule has 6 aromatic rings. The van der Waals surface area contributed by atoms with Gasteiger partial charge in [0.1, 0.15) is 16.7 Å². The average Bonchev–Trinajstić information content (AvgIpc) is 3.77. The van der Waals surface area contributed by atoms with Gasteiger partial charge in [-0.25, -0.2) is 4.98 Å². The summed E-state index contributed by atoms with van der Waals surface area (Å²) >= 11 is 1.45. The molecule has 0 spiro atoms. The zero-order valence-corrected chi connectivity index (χ0v) is 30.0. The fourth-order valence-electron chi connectivity index (χ4n) is 7.28. The van der Waals surface area contributed by atoms with E-state index < -0.39 is 29.8 Å². The smallest absolute Gasteiger partial charge is 0.146 e. The van der Waals surface area contributed by atoms with E-state index in [1.807, 2.05) is 109 Å². The minimum atomic E-state index is -1.48. The molecule has 6 nitrogen and oxygen atoms in total. The normalized spacial score (nSPS) is 21.4. The van der Waals surface area contributed by atoms with E-state index in [0.717, 1.165) is 27.8 Å². The highest BCUT2D eigenvalue weighted by Gasteiger charge is 2.56. The molecule has 1 fully saturated rings. The Bertz CT molecular complexity index is 1880. The Balaban J connectivity index is 1.31. The van der Waals surface area contributed by atoms with Crippen molar-refractivity contribution in [2.75, 3.05) is 6.61 Å². The predicted octanol–water partition coefficient (Wildman–Crippen LogP) is 8.99. The van der Waals surface area contributed by atoms with E-state index in [0.29, 0.717) is 44.5 Å². The Hall–Kier alpha value is -4.47. The van der Waals surface area contributed by atoms with Crippen molar-refractivity contribution in [2.24, 2.45) is 11.8 Å². The van der Waals surface area contributed by atoms with Gasteiger partial charge >= 0.3 is 0 Å². The molecule has 0 unspecified atom stereocenters. The highest BCUT2D eigenvalue weighted by atomic mass is 32.1. The lowest BCUT2D eigenvalue weighted by molar-refractivity contribution is -0.233. The summed E-state index contributed by atoms with van der Waals surface area (Å²) in [5.41, 5.74) is 3.53. The van der Waals surface area contributed by atoms with Gasteiger partial charge in [0.2, 0.25) is 0 Å². The maximum absolute atomic E-state index is 13.3. The number of aromatic nitrogens is 1. The number of hydrogen-bond acceptors (Lipinski definition) is 7. The topological polar surface area (TPSA) is 70.0 Å². The van der Waals surface area contributed by atoms with Crippen LogP contribution in [-0.2, 0) is 51.0 Å². The first kappa shape index (κ1) is 35.9. The molecule has 0 saturated heterocycles. The minimum Gasteiger partial charge on any atom is -0.377 e. The first-order valence-corrected chi connectivity index (χ1v) is 18.8. The third kappa shape index (κ3) is 8.76. The van der Waals surface area contributed by atoms with Crippen LogP contribution in [-0.4, -0.2) is 35.0 Å². The highest BCUT2D eigenvalue weighted by molar-refractivity contribution is 7.09. The van der Waals surface area contributed by atoms with Crippen LogP contribution < -0.4 is 0 Å². The maximum atomic E-state index is 13.3. The van der Waals surface area contributed by atoms with Gasteiger partial charge in [-0.05, 0) is 34.2 Å². The highest BCUT2D eigenvalue weighted by Crippen LogP contribution is 2.49. The summed E-state index contributed by atoms with van der Waals surface area (Å²) in [4.78, 5) is 4.74. The van der Waals surface area contributed by atoms with E-state index in [1.165, 1.54) is 11.3 Å². The predicted molar refractivity (Wildman–Crippen MR) is 204 cm³/mol. The zero-order chi connectivity index (χ0) is 35.4. The Labute approximate surface area is 310 Å². The quantitative estimate of drug-likeness (QED) is 0.108. The minimum absolute atomic E-state index is 0.148. The van der Waals surface area contributed by atoms with Crippen molar-refractivity contribution in [1.82, 2.24) is 4.98 Å². The molecule has 1 N–H and O–H groups in total. The van der Waals surface area contributed by atoms with E-state index in [-0.39, 0.29) is 5.92 Å². The first-order chi connectivity index (χ1) is 25.7. The number of hydrogen-bond donors (Lipinski definition) is 1. The summed E-state index contributed by atoms with van der Waals surface area (Å²) in [6.45, 7) is 1.97. The Morgan fingerprint density at radius 1 is 0.558 bits per heavy atom. The molecule has 1 heterocycles. The van der Waals surface area contributed by atoms with Crippen LogP contribution in [0.25, 0.3) is 0 Å². The van der Waals surface area contributed by atoms with E-state index in [9.17, 15) is 5.11 Å². The van der Waals surface area contributed by atoms with Crippen LogP contribution >= 0.6 is 11.3 Å². The van der Waals surface area contributed by atoms with Gasteiger partial charge in [0.25, 0.3) is 0 Å². The van der Waals surface area contributed by atoms with Crippen molar-refractivity contribution in [3.05, 3.63) is 196 Å². The molecule has 52 heavy (non-hydrogen) atoms. The van der Waals surface area contributed by atoms with Gasteiger partial charge in [0, 0.05) is 23.4 Å². The van der Waals surface area contributed by atoms with E-state index in [1.54, 1.807) is 6.20 Å². The second kappa shape index (κ2) is 17.8. The number of ether oxygens (including phenoxy) is 4. The molecule has 0 aliphatic heterocycles. The van der Waals surface area contributed by atoms with Gasteiger partial charge < -0.3 is 24.1 Å². The van der Waals surface area contributed by atoms with Crippen LogP contribution in [0.2, 0.25) is 0 Å². The second-order valence-electron chi connectivity index (χ2n) is 13.4. The molecule has 1 aromatic heterocycles. The van der Waals surface area contributed by atoms with Gasteiger partial charge in [-0.2, -0.15) is 0 Å². The van der Waals surface area contributed by atoms with Crippen molar-refractivity contribution in [3.8, 4) is 0 Å². The van der Waals surface area contributed by atoms with Crippen molar-refractivity contribution >= 4 is 11.3 Å². The number of nitrogens with zero attached hydrogens (tertiary/aromatic N) is 1. The third-order valence-electron chi connectivity index (χ3n) is 9.87. The lowest BCUT2D eigenvalue weighted by Gasteiger charge is -2.51. The lowest BCUT2D eigenvalue weighted by Crippen LogP contribution is -2.60. The summed E-state index contributed by atoms with van der Waals surface area (Å²) in [6, 6.07) is 50.6. The van der Waals surface area contributed by atoms with E-state index in [4.69, 9.17) is 23.9 Å². The van der Waals surface area contributed by atoms with Gasteiger partial charge in [-0.1, -0.05) is 152 Å². The molecular formula is C45H45NO5S. The summed E-state index contributed by atoms with van der Waals surface area (Å²) in [5, 5.41) is 15.8. The van der Waals surface area contributed by atoms with Crippen molar-refractivity contribution in [1.29, 1.82) is 0 Å².